The summed E-state index contributed by atoms with van der Waals surface area (Å²) >= 11 is 0. The molecule has 1 aromatic carbocycles. The normalized spacial score (nSPS) is 15.1. The molecule has 1 saturated heterocycles. The summed E-state index contributed by atoms with van der Waals surface area (Å²) < 4.78 is 23.0. The van der Waals surface area contributed by atoms with Crippen molar-refractivity contribution < 1.29 is 13.2 Å². The second-order valence-electron chi connectivity index (χ2n) is 4.98. The minimum atomic E-state index is -3.29. The van der Waals surface area contributed by atoms with Gasteiger partial charge in [-0.25, -0.2) is 8.42 Å². The average Bonchev–Trinajstić information content (AvgIpc) is 2.25. The van der Waals surface area contributed by atoms with Gasteiger partial charge in [0.25, 0.3) is 5.91 Å². The molecule has 1 heterocycles. The van der Waals surface area contributed by atoms with Gasteiger partial charge in [0.15, 0.2) is 9.84 Å². The maximum absolute atomic E-state index is 12.1. The number of carbonyl (C=O) groups is 1. The molecule has 0 aromatic heterocycles. The van der Waals surface area contributed by atoms with Gasteiger partial charge in [0, 0.05) is 37.4 Å². The largest absolute Gasteiger partial charge is 0.352 e. The first-order chi connectivity index (χ1) is 8.88. The fourth-order valence-electron chi connectivity index (χ4n) is 1.90. The molecule has 0 bridgehead atoms. The van der Waals surface area contributed by atoms with E-state index in [-0.39, 0.29) is 23.2 Å². The minimum Gasteiger partial charge on any atom is -0.352 e. The molecule has 20 heavy (non-hydrogen) atoms. The van der Waals surface area contributed by atoms with Gasteiger partial charge in [-0.2, -0.15) is 0 Å². The summed E-state index contributed by atoms with van der Waals surface area (Å²) in [6, 6.07) is 4.63. The molecular weight excluding hydrogens is 300 g/mol. The van der Waals surface area contributed by atoms with Crippen molar-refractivity contribution in [2.45, 2.75) is 11.8 Å². The summed E-state index contributed by atoms with van der Waals surface area (Å²) in [6.45, 7) is 4.26. The Morgan fingerprint density at radius 3 is 2.55 bits per heavy atom. The highest BCUT2D eigenvalue weighted by molar-refractivity contribution is 7.90. The Morgan fingerprint density at radius 1 is 1.40 bits per heavy atom. The molecular formula is C13H19ClN2O3S. The van der Waals surface area contributed by atoms with E-state index in [9.17, 15) is 13.2 Å². The van der Waals surface area contributed by atoms with Crippen LogP contribution in [0.15, 0.2) is 23.1 Å². The molecule has 0 spiro atoms. The van der Waals surface area contributed by atoms with Crippen LogP contribution in [0.3, 0.4) is 0 Å². The van der Waals surface area contributed by atoms with Crippen molar-refractivity contribution in [2.24, 2.45) is 5.92 Å². The van der Waals surface area contributed by atoms with Gasteiger partial charge in [0.2, 0.25) is 0 Å². The first kappa shape index (κ1) is 16.9. The van der Waals surface area contributed by atoms with Crippen molar-refractivity contribution in [1.29, 1.82) is 0 Å². The van der Waals surface area contributed by atoms with Crippen LogP contribution < -0.4 is 10.6 Å². The number of sulfone groups is 1. The zero-order chi connectivity index (χ0) is 14.0. The third-order valence-corrected chi connectivity index (χ3v) is 4.41. The van der Waals surface area contributed by atoms with Crippen LogP contribution in [0.25, 0.3) is 0 Å². The Bertz CT molecular complexity index is 598. The summed E-state index contributed by atoms with van der Waals surface area (Å²) in [7, 11) is -3.29. The summed E-state index contributed by atoms with van der Waals surface area (Å²) in [6.07, 6.45) is 1.14. The molecule has 5 nitrogen and oxygen atoms in total. The van der Waals surface area contributed by atoms with Gasteiger partial charge in [-0.1, -0.05) is 6.07 Å². The second kappa shape index (κ2) is 6.56. The van der Waals surface area contributed by atoms with E-state index in [0.29, 0.717) is 18.0 Å². The lowest BCUT2D eigenvalue weighted by molar-refractivity contribution is 0.0941. The lowest BCUT2D eigenvalue weighted by Gasteiger charge is -2.27. The monoisotopic (exact) mass is 318 g/mol. The number of amides is 1. The van der Waals surface area contributed by atoms with Gasteiger partial charge in [0.05, 0.1) is 4.90 Å². The number of hydrogen-bond acceptors (Lipinski definition) is 4. The first-order valence-electron chi connectivity index (χ1n) is 6.17. The number of carbonyl (C=O) groups excluding carboxylic acids is 1. The van der Waals surface area contributed by atoms with Crippen LogP contribution >= 0.6 is 12.4 Å². The zero-order valence-corrected chi connectivity index (χ0v) is 13.1. The molecule has 7 heteroatoms. The highest BCUT2D eigenvalue weighted by Crippen LogP contribution is 2.15. The number of halogens is 1. The highest BCUT2D eigenvalue weighted by atomic mass is 35.5. The maximum atomic E-state index is 12.1. The average molecular weight is 319 g/mol. The predicted molar refractivity (Wildman–Crippen MR) is 80.2 cm³/mol. The van der Waals surface area contributed by atoms with Crippen molar-refractivity contribution in [3.63, 3.8) is 0 Å². The van der Waals surface area contributed by atoms with E-state index in [1.165, 1.54) is 12.1 Å². The Balaban J connectivity index is 0.00000200. The second-order valence-corrected chi connectivity index (χ2v) is 7.00. The first-order valence-corrected chi connectivity index (χ1v) is 8.06. The van der Waals surface area contributed by atoms with Crippen LogP contribution in [0.2, 0.25) is 0 Å². The van der Waals surface area contributed by atoms with Gasteiger partial charge in [-0.3, -0.25) is 4.79 Å². The number of aryl methyl sites for hydroxylation is 1. The van der Waals surface area contributed by atoms with Crippen molar-refractivity contribution in [2.75, 3.05) is 25.9 Å². The molecule has 1 amide bonds. The SMILES string of the molecule is Cc1ccc(S(C)(=O)=O)cc1C(=O)NCC1CNC1.Cl. The van der Waals surface area contributed by atoms with Crippen LogP contribution in [-0.2, 0) is 9.84 Å². The Morgan fingerprint density at radius 2 is 2.05 bits per heavy atom. The van der Waals surface area contributed by atoms with Crippen molar-refractivity contribution in [1.82, 2.24) is 10.6 Å². The molecule has 0 unspecified atom stereocenters. The summed E-state index contributed by atoms with van der Waals surface area (Å²) in [5.41, 5.74) is 1.20. The molecule has 1 aliphatic rings. The Labute approximate surface area is 125 Å². The van der Waals surface area contributed by atoms with Crippen LogP contribution in [0.5, 0.6) is 0 Å². The summed E-state index contributed by atoms with van der Waals surface area (Å²) in [5, 5.41) is 5.98. The number of hydrogen-bond donors (Lipinski definition) is 2. The van der Waals surface area contributed by atoms with Gasteiger partial charge in [-0.05, 0) is 24.6 Å². The molecule has 2 N–H and O–H groups in total. The van der Waals surface area contributed by atoms with Crippen molar-refractivity contribution in [3.05, 3.63) is 29.3 Å². The number of rotatable bonds is 4. The zero-order valence-electron chi connectivity index (χ0n) is 11.5. The molecule has 0 aliphatic carbocycles. The molecule has 2 rings (SSSR count). The van der Waals surface area contributed by atoms with Gasteiger partial charge >= 0.3 is 0 Å². The van der Waals surface area contributed by atoms with Crippen LogP contribution in [0.4, 0.5) is 0 Å². The fraction of sp³-hybridized carbons (Fsp3) is 0.462. The molecule has 1 aromatic rings. The Kier molecular flexibility index (Phi) is 5.56. The lowest BCUT2D eigenvalue weighted by Crippen LogP contribution is -2.48. The van der Waals surface area contributed by atoms with E-state index in [1.54, 1.807) is 13.0 Å². The third kappa shape index (κ3) is 3.94. The predicted octanol–water partition coefficient (Wildman–Crippen LogP) is 0.770. The van der Waals surface area contributed by atoms with E-state index in [4.69, 9.17) is 0 Å². The third-order valence-electron chi connectivity index (χ3n) is 3.30. The maximum Gasteiger partial charge on any atom is 0.251 e. The van der Waals surface area contributed by atoms with Gasteiger partial charge in [-0.15, -0.1) is 12.4 Å². The topological polar surface area (TPSA) is 75.3 Å². The smallest absolute Gasteiger partial charge is 0.251 e. The van der Waals surface area contributed by atoms with E-state index < -0.39 is 9.84 Å². The molecule has 1 aliphatic heterocycles. The van der Waals surface area contributed by atoms with E-state index in [2.05, 4.69) is 10.6 Å². The van der Waals surface area contributed by atoms with Crippen molar-refractivity contribution >= 4 is 28.2 Å². The highest BCUT2D eigenvalue weighted by Gasteiger charge is 2.19. The van der Waals surface area contributed by atoms with Crippen molar-refractivity contribution in [3.8, 4) is 0 Å². The number of benzene rings is 1. The fourth-order valence-corrected chi connectivity index (χ4v) is 2.55. The molecule has 1 fully saturated rings. The molecule has 0 saturated carbocycles. The minimum absolute atomic E-state index is 0. The Hall–Kier alpha value is -1.11. The lowest BCUT2D eigenvalue weighted by atomic mass is 10.0. The van der Waals surface area contributed by atoms with E-state index in [1.807, 2.05) is 0 Å². The molecule has 0 atom stereocenters. The quantitative estimate of drug-likeness (QED) is 0.860. The summed E-state index contributed by atoms with van der Waals surface area (Å²) in [4.78, 5) is 12.2. The molecule has 0 radical (unpaired) electrons. The standard InChI is InChI=1S/C13H18N2O3S.ClH/c1-9-3-4-11(19(2,17)18)5-12(9)13(16)15-8-10-6-14-7-10;/h3-5,10,14H,6-8H2,1-2H3,(H,15,16);1H. The van der Waals surface area contributed by atoms with Crippen LogP contribution in [-0.4, -0.2) is 40.2 Å². The van der Waals surface area contributed by atoms with E-state index in [0.717, 1.165) is 24.9 Å². The number of nitrogens with one attached hydrogen (secondary N) is 2. The van der Waals surface area contributed by atoms with E-state index >= 15 is 0 Å². The summed E-state index contributed by atoms with van der Waals surface area (Å²) in [5.74, 6) is 0.261. The van der Waals surface area contributed by atoms with Gasteiger partial charge < -0.3 is 10.6 Å². The molecule has 112 valence electrons. The van der Waals surface area contributed by atoms with Crippen LogP contribution in [0, 0.1) is 12.8 Å². The van der Waals surface area contributed by atoms with Gasteiger partial charge in [0.1, 0.15) is 0 Å². The van der Waals surface area contributed by atoms with Crippen LogP contribution in [0.1, 0.15) is 15.9 Å².